The van der Waals surface area contributed by atoms with E-state index in [2.05, 4.69) is 5.16 Å². The Morgan fingerprint density at radius 3 is 3.00 bits per heavy atom. The molecule has 0 radical (unpaired) electrons. The molecule has 0 bridgehead atoms. The molecule has 2 heterocycles. The smallest absolute Gasteiger partial charge is 0.230 e. The molecule has 1 saturated heterocycles. The first kappa shape index (κ1) is 12.2. The van der Waals surface area contributed by atoms with E-state index in [4.69, 9.17) is 15.0 Å². The summed E-state index contributed by atoms with van der Waals surface area (Å²) in [5.41, 5.74) is 7.99. The van der Waals surface area contributed by atoms with Gasteiger partial charge < -0.3 is 15.0 Å². The first-order valence-corrected chi connectivity index (χ1v) is 6.34. The summed E-state index contributed by atoms with van der Waals surface area (Å²) in [6.45, 7) is 1.38. The summed E-state index contributed by atoms with van der Waals surface area (Å²) in [7, 11) is 0. The summed E-state index contributed by atoms with van der Waals surface area (Å²) < 4.78 is 23.9. The Morgan fingerprint density at radius 1 is 1.37 bits per heavy atom. The highest BCUT2D eigenvalue weighted by atomic mass is 19.1. The van der Waals surface area contributed by atoms with Crippen LogP contribution in [0.4, 0.5) is 10.3 Å². The molecule has 1 aromatic carbocycles. The number of hydrogen-bond donors (Lipinski definition) is 1. The predicted molar refractivity (Wildman–Crippen MR) is 69.1 cm³/mol. The van der Waals surface area contributed by atoms with Gasteiger partial charge in [0.05, 0.1) is 17.9 Å². The molecule has 1 unspecified atom stereocenters. The molecule has 0 aliphatic carbocycles. The lowest BCUT2D eigenvalue weighted by molar-refractivity contribution is 0.0785. The predicted octanol–water partition coefficient (Wildman–Crippen LogP) is 2.96. The van der Waals surface area contributed by atoms with Gasteiger partial charge in [0, 0.05) is 12.5 Å². The van der Waals surface area contributed by atoms with Crippen LogP contribution in [0.15, 0.2) is 28.8 Å². The molecule has 0 spiro atoms. The Kier molecular flexibility index (Phi) is 3.21. The van der Waals surface area contributed by atoms with Crippen LogP contribution in [0.2, 0.25) is 0 Å². The molecular weight excluding hydrogens is 247 g/mol. The van der Waals surface area contributed by atoms with Crippen molar-refractivity contribution in [2.45, 2.75) is 18.8 Å². The van der Waals surface area contributed by atoms with E-state index >= 15 is 0 Å². The molecule has 5 heteroatoms. The van der Waals surface area contributed by atoms with Crippen molar-refractivity contribution < 1.29 is 13.7 Å². The van der Waals surface area contributed by atoms with E-state index in [1.165, 1.54) is 12.1 Å². The van der Waals surface area contributed by atoms with Crippen LogP contribution in [-0.4, -0.2) is 18.4 Å². The molecule has 1 aliphatic heterocycles. The topological polar surface area (TPSA) is 61.3 Å². The third-order valence-electron chi connectivity index (χ3n) is 3.41. The standard InChI is InChI=1S/C14H15FN2O2/c15-11-5-1-3-9(7-11)12-13(17-19-14(12)16)10-4-2-6-18-8-10/h1,3,5,7,10H,2,4,6,8,16H2. The Balaban J connectivity index is 2.03. The average Bonchev–Trinajstić information content (AvgIpc) is 2.82. The Labute approximate surface area is 110 Å². The number of nitrogen functional groups attached to an aromatic ring is 1. The van der Waals surface area contributed by atoms with Crippen LogP contribution in [0.5, 0.6) is 0 Å². The Morgan fingerprint density at radius 2 is 2.26 bits per heavy atom. The zero-order valence-corrected chi connectivity index (χ0v) is 10.4. The number of benzene rings is 1. The van der Waals surface area contributed by atoms with E-state index in [0.717, 1.165) is 25.1 Å². The highest BCUT2D eigenvalue weighted by Gasteiger charge is 2.25. The number of nitrogens with zero attached hydrogens (tertiary/aromatic N) is 1. The van der Waals surface area contributed by atoms with E-state index < -0.39 is 0 Å². The maximum Gasteiger partial charge on any atom is 0.230 e. The second kappa shape index (κ2) is 5.01. The first-order chi connectivity index (χ1) is 9.25. The van der Waals surface area contributed by atoms with Crippen molar-refractivity contribution in [2.24, 2.45) is 0 Å². The summed E-state index contributed by atoms with van der Waals surface area (Å²) in [5, 5.41) is 4.04. The van der Waals surface area contributed by atoms with Crippen molar-refractivity contribution in [1.29, 1.82) is 0 Å². The van der Waals surface area contributed by atoms with Gasteiger partial charge in [-0.15, -0.1) is 0 Å². The molecule has 4 nitrogen and oxygen atoms in total. The lowest BCUT2D eigenvalue weighted by atomic mass is 9.92. The van der Waals surface area contributed by atoms with Crippen molar-refractivity contribution >= 4 is 5.88 Å². The van der Waals surface area contributed by atoms with Crippen LogP contribution < -0.4 is 5.73 Å². The molecule has 0 saturated carbocycles. The third kappa shape index (κ3) is 2.33. The molecule has 2 aromatic rings. The van der Waals surface area contributed by atoms with Crippen molar-refractivity contribution in [3.63, 3.8) is 0 Å². The molecule has 0 amide bonds. The van der Waals surface area contributed by atoms with Gasteiger partial charge in [0.25, 0.3) is 0 Å². The van der Waals surface area contributed by atoms with E-state index in [1.807, 2.05) is 0 Å². The maximum absolute atomic E-state index is 13.3. The molecule has 1 atom stereocenters. The van der Waals surface area contributed by atoms with Gasteiger partial charge in [0.1, 0.15) is 5.82 Å². The van der Waals surface area contributed by atoms with Crippen molar-refractivity contribution in [3.05, 3.63) is 35.8 Å². The monoisotopic (exact) mass is 262 g/mol. The van der Waals surface area contributed by atoms with Crippen LogP contribution in [0, 0.1) is 5.82 Å². The summed E-state index contributed by atoms with van der Waals surface area (Å²) in [5.74, 6) is 0.0863. The highest BCUT2D eigenvalue weighted by Crippen LogP contribution is 2.37. The quantitative estimate of drug-likeness (QED) is 0.903. The molecule has 1 aliphatic rings. The molecule has 3 rings (SSSR count). The Bertz CT molecular complexity index is 577. The largest absolute Gasteiger partial charge is 0.381 e. The first-order valence-electron chi connectivity index (χ1n) is 6.34. The number of halogens is 1. The van der Waals surface area contributed by atoms with Crippen LogP contribution >= 0.6 is 0 Å². The number of nitrogens with two attached hydrogens (primary N) is 1. The lowest BCUT2D eigenvalue weighted by Gasteiger charge is -2.20. The van der Waals surface area contributed by atoms with Crippen LogP contribution in [0.25, 0.3) is 11.1 Å². The van der Waals surface area contributed by atoms with Gasteiger partial charge in [0.2, 0.25) is 5.88 Å². The van der Waals surface area contributed by atoms with Gasteiger partial charge in [-0.2, -0.15) is 0 Å². The number of aromatic nitrogens is 1. The minimum Gasteiger partial charge on any atom is -0.381 e. The second-order valence-electron chi connectivity index (χ2n) is 4.73. The van der Waals surface area contributed by atoms with Gasteiger partial charge in [-0.05, 0) is 30.5 Å². The van der Waals surface area contributed by atoms with Crippen molar-refractivity contribution in [2.75, 3.05) is 18.9 Å². The Hall–Kier alpha value is -1.88. The fourth-order valence-electron chi connectivity index (χ4n) is 2.49. The summed E-state index contributed by atoms with van der Waals surface area (Å²) >= 11 is 0. The number of ether oxygens (including phenoxy) is 1. The number of hydrogen-bond acceptors (Lipinski definition) is 4. The van der Waals surface area contributed by atoms with Crippen LogP contribution in [0.3, 0.4) is 0 Å². The van der Waals surface area contributed by atoms with Gasteiger partial charge >= 0.3 is 0 Å². The van der Waals surface area contributed by atoms with Crippen molar-refractivity contribution in [3.8, 4) is 11.1 Å². The zero-order chi connectivity index (χ0) is 13.2. The number of rotatable bonds is 2. The fourth-order valence-corrected chi connectivity index (χ4v) is 2.49. The lowest BCUT2D eigenvalue weighted by Crippen LogP contribution is -2.16. The normalized spacial score (nSPS) is 19.5. The van der Waals surface area contributed by atoms with E-state index in [0.29, 0.717) is 17.7 Å². The maximum atomic E-state index is 13.3. The van der Waals surface area contributed by atoms with Gasteiger partial charge in [-0.3, -0.25) is 0 Å². The van der Waals surface area contributed by atoms with Crippen LogP contribution in [0.1, 0.15) is 24.5 Å². The SMILES string of the molecule is Nc1onc(C2CCCOC2)c1-c1cccc(F)c1. The second-order valence-corrected chi connectivity index (χ2v) is 4.73. The summed E-state index contributed by atoms with van der Waals surface area (Å²) in [4.78, 5) is 0. The van der Waals surface area contributed by atoms with E-state index in [-0.39, 0.29) is 17.6 Å². The van der Waals surface area contributed by atoms with E-state index in [9.17, 15) is 4.39 Å². The number of anilines is 1. The third-order valence-corrected chi connectivity index (χ3v) is 3.41. The minimum absolute atomic E-state index is 0.160. The molecule has 100 valence electrons. The van der Waals surface area contributed by atoms with Gasteiger partial charge in [-0.25, -0.2) is 4.39 Å². The molecule has 19 heavy (non-hydrogen) atoms. The molecule has 1 aromatic heterocycles. The molecular formula is C14H15FN2O2. The molecule has 1 fully saturated rings. The highest BCUT2D eigenvalue weighted by molar-refractivity contribution is 5.75. The summed E-state index contributed by atoms with van der Waals surface area (Å²) in [6.07, 6.45) is 1.97. The minimum atomic E-state index is -0.302. The zero-order valence-electron chi connectivity index (χ0n) is 10.4. The van der Waals surface area contributed by atoms with Crippen LogP contribution in [-0.2, 0) is 4.74 Å². The van der Waals surface area contributed by atoms with Crippen molar-refractivity contribution in [1.82, 2.24) is 5.16 Å². The fraction of sp³-hybridized carbons (Fsp3) is 0.357. The van der Waals surface area contributed by atoms with Gasteiger partial charge in [-0.1, -0.05) is 17.3 Å². The summed E-state index contributed by atoms with van der Waals surface area (Å²) in [6, 6.07) is 6.30. The molecule has 2 N–H and O–H groups in total. The van der Waals surface area contributed by atoms with E-state index in [1.54, 1.807) is 12.1 Å². The average molecular weight is 262 g/mol. The van der Waals surface area contributed by atoms with Gasteiger partial charge in [0.15, 0.2) is 0 Å².